The normalized spacial score (nSPS) is 14.3. The molecule has 1 aliphatic rings. The largest absolute Gasteiger partial charge is 0.381 e. The van der Waals surface area contributed by atoms with Gasteiger partial charge in [-0.15, -0.1) is 0 Å². The number of aryl methyl sites for hydroxylation is 2. The summed E-state index contributed by atoms with van der Waals surface area (Å²) in [5.74, 6) is -1.38. The Morgan fingerprint density at radius 2 is 1.79 bits per heavy atom. The highest BCUT2D eigenvalue weighted by molar-refractivity contribution is 6.35. The number of rotatable bonds is 4. The molecule has 0 bridgehead atoms. The highest BCUT2D eigenvalue weighted by atomic mass is 19.1. The van der Waals surface area contributed by atoms with Crippen LogP contribution in [0.5, 0.6) is 0 Å². The van der Waals surface area contributed by atoms with Crippen LogP contribution < -0.4 is 10.6 Å². The van der Waals surface area contributed by atoms with Gasteiger partial charge in [0.2, 0.25) is 0 Å². The van der Waals surface area contributed by atoms with Gasteiger partial charge in [-0.1, -0.05) is 0 Å². The summed E-state index contributed by atoms with van der Waals surface area (Å²) in [5, 5.41) is 6.01. The summed E-state index contributed by atoms with van der Waals surface area (Å²) < 4.78 is 26.7. The van der Waals surface area contributed by atoms with E-state index in [-0.39, 0.29) is 12.5 Å². The third-order valence-electron chi connectivity index (χ3n) is 4.70. The maximum absolute atomic E-state index is 13.3. The molecule has 0 saturated carbocycles. The number of carbonyl (C=O) groups is 1. The second-order valence-corrected chi connectivity index (χ2v) is 6.95. The van der Waals surface area contributed by atoms with Gasteiger partial charge in [0.15, 0.2) is 0 Å². The number of hydrogen-bond acceptors (Lipinski definition) is 2. The van der Waals surface area contributed by atoms with Crippen molar-refractivity contribution in [1.29, 1.82) is 0 Å². The maximum Gasteiger partial charge on any atom is 0.256 e. The van der Waals surface area contributed by atoms with Gasteiger partial charge in [0.05, 0.1) is 5.57 Å². The second kappa shape index (κ2) is 6.96. The second-order valence-electron chi connectivity index (χ2n) is 6.95. The van der Waals surface area contributed by atoms with E-state index < -0.39 is 11.6 Å². The van der Waals surface area contributed by atoms with E-state index in [9.17, 15) is 13.6 Å². The lowest BCUT2D eigenvalue weighted by molar-refractivity contribution is -0.110. The summed E-state index contributed by atoms with van der Waals surface area (Å²) in [5.41, 5.74) is 6.33. The van der Waals surface area contributed by atoms with E-state index in [0.717, 1.165) is 40.0 Å². The third kappa shape index (κ3) is 3.53. The lowest BCUT2D eigenvalue weighted by Crippen LogP contribution is -2.03. The van der Waals surface area contributed by atoms with Crippen LogP contribution >= 0.6 is 0 Å². The first-order valence-electron chi connectivity index (χ1n) is 8.91. The number of H-pyrrole nitrogens is 1. The fourth-order valence-electron chi connectivity index (χ4n) is 3.40. The molecule has 1 aromatic heterocycles. The molecular weight excluding hydrogens is 360 g/mol. The fraction of sp³-hybridized carbons (Fsp3) is 0.136. The molecule has 2 heterocycles. The van der Waals surface area contributed by atoms with E-state index in [4.69, 9.17) is 0 Å². The zero-order valence-electron chi connectivity index (χ0n) is 15.5. The molecule has 3 aromatic rings. The number of aromatic nitrogens is 1. The Bertz CT molecular complexity index is 1090. The monoisotopic (exact) mass is 379 g/mol. The van der Waals surface area contributed by atoms with Gasteiger partial charge in [0, 0.05) is 40.9 Å². The average molecular weight is 379 g/mol. The van der Waals surface area contributed by atoms with Crippen LogP contribution in [-0.4, -0.2) is 10.9 Å². The van der Waals surface area contributed by atoms with Crippen LogP contribution in [0.15, 0.2) is 42.5 Å². The Morgan fingerprint density at radius 1 is 1.04 bits per heavy atom. The molecule has 0 fully saturated rings. The molecule has 142 valence electrons. The van der Waals surface area contributed by atoms with Crippen molar-refractivity contribution in [3.63, 3.8) is 0 Å². The van der Waals surface area contributed by atoms with Gasteiger partial charge in [-0.2, -0.15) is 0 Å². The molecule has 28 heavy (non-hydrogen) atoms. The smallest absolute Gasteiger partial charge is 0.256 e. The standard InChI is InChI=1S/C22H19F2N3O/c1-12-5-13(2)26-21(12)10-19-18-9-17(3-4-20(18)27-22(19)28)25-11-14-6-15(23)8-16(24)7-14/h3-10,25-26H,11H2,1-2H3,(H,27,28). The lowest BCUT2D eigenvalue weighted by Gasteiger charge is -2.09. The molecule has 0 unspecified atom stereocenters. The van der Waals surface area contributed by atoms with Gasteiger partial charge < -0.3 is 15.6 Å². The molecule has 4 rings (SSSR count). The summed E-state index contributed by atoms with van der Waals surface area (Å²) in [7, 11) is 0. The van der Waals surface area contributed by atoms with Crippen LogP contribution in [0, 0.1) is 25.5 Å². The highest BCUT2D eigenvalue weighted by Gasteiger charge is 2.24. The predicted molar refractivity (Wildman–Crippen MR) is 107 cm³/mol. The molecule has 6 heteroatoms. The molecule has 2 aromatic carbocycles. The number of hydrogen-bond donors (Lipinski definition) is 3. The molecule has 0 atom stereocenters. The van der Waals surface area contributed by atoms with Crippen molar-refractivity contribution in [1.82, 2.24) is 4.98 Å². The van der Waals surface area contributed by atoms with Crippen LogP contribution in [0.2, 0.25) is 0 Å². The van der Waals surface area contributed by atoms with Gasteiger partial charge in [0.1, 0.15) is 11.6 Å². The number of carbonyl (C=O) groups excluding carboxylic acids is 1. The number of amides is 1. The van der Waals surface area contributed by atoms with E-state index in [0.29, 0.717) is 11.1 Å². The minimum atomic E-state index is -0.609. The van der Waals surface area contributed by atoms with Crippen molar-refractivity contribution < 1.29 is 13.6 Å². The Morgan fingerprint density at radius 3 is 2.46 bits per heavy atom. The highest BCUT2D eigenvalue weighted by Crippen LogP contribution is 2.35. The summed E-state index contributed by atoms with van der Waals surface area (Å²) in [6, 6.07) is 10.9. The van der Waals surface area contributed by atoms with Crippen molar-refractivity contribution in [3.8, 4) is 0 Å². The zero-order valence-corrected chi connectivity index (χ0v) is 15.5. The summed E-state index contributed by atoms with van der Waals surface area (Å²) in [6.07, 6.45) is 1.84. The number of aromatic amines is 1. The Labute approximate surface area is 161 Å². The molecule has 0 spiro atoms. The minimum absolute atomic E-state index is 0.161. The van der Waals surface area contributed by atoms with Crippen LogP contribution in [0.1, 0.15) is 28.1 Å². The number of nitrogens with one attached hydrogen (secondary N) is 3. The van der Waals surface area contributed by atoms with Gasteiger partial charge in [-0.3, -0.25) is 4.79 Å². The average Bonchev–Trinajstić information content (AvgIpc) is 3.11. The topological polar surface area (TPSA) is 56.9 Å². The van der Waals surface area contributed by atoms with Gasteiger partial charge >= 0.3 is 0 Å². The first-order valence-corrected chi connectivity index (χ1v) is 8.91. The molecule has 4 nitrogen and oxygen atoms in total. The maximum atomic E-state index is 13.3. The van der Waals surface area contributed by atoms with E-state index in [1.165, 1.54) is 12.1 Å². The van der Waals surface area contributed by atoms with E-state index >= 15 is 0 Å². The molecule has 0 radical (unpaired) electrons. The SMILES string of the molecule is Cc1cc(C)c(C=C2C(=O)Nc3ccc(NCc4cc(F)cc(F)c4)cc32)[nH]1. The molecular formula is C22H19F2N3O. The molecule has 0 aliphatic carbocycles. The van der Waals surface area contributed by atoms with Crippen molar-refractivity contribution in [2.75, 3.05) is 10.6 Å². The van der Waals surface area contributed by atoms with E-state index in [2.05, 4.69) is 15.6 Å². The third-order valence-corrected chi connectivity index (χ3v) is 4.70. The molecule has 3 N–H and O–H groups in total. The zero-order chi connectivity index (χ0) is 19.8. The summed E-state index contributed by atoms with van der Waals surface area (Å²) in [6.45, 7) is 4.22. The first-order chi connectivity index (χ1) is 13.4. The van der Waals surface area contributed by atoms with Crippen LogP contribution in [0.4, 0.5) is 20.2 Å². The quantitative estimate of drug-likeness (QED) is 0.558. The number of halogens is 2. The van der Waals surface area contributed by atoms with Gasteiger partial charge in [-0.05, 0) is 67.4 Å². The Balaban J connectivity index is 1.61. The number of benzene rings is 2. The molecule has 0 saturated heterocycles. The van der Waals surface area contributed by atoms with Gasteiger partial charge in [-0.25, -0.2) is 8.78 Å². The fourth-order valence-corrected chi connectivity index (χ4v) is 3.40. The molecule has 1 aliphatic heterocycles. The van der Waals surface area contributed by atoms with E-state index in [1.54, 1.807) is 0 Å². The van der Waals surface area contributed by atoms with Crippen molar-refractivity contribution in [3.05, 3.63) is 82.2 Å². The van der Waals surface area contributed by atoms with Crippen LogP contribution in [0.3, 0.4) is 0 Å². The van der Waals surface area contributed by atoms with Crippen LogP contribution in [0.25, 0.3) is 11.6 Å². The minimum Gasteiger partial charge on any atom is -0.381 e. The Hall–Kier alpha value is -3.41. The van der Waals surface area contributed by atoms with Crippen molar-refractivity contribution >= 4 is 28.9 Å². The van der Waals surface area contributed by atoms with Crippen LogP contribution in [-0.2, 0) is 11.3 Å². The summed E-state index contributed by atoms with van der Waals surface area (Å²) >= 11 is 0. The predicted octanol–water partition coefficient (Wildman–Crippen LogP) is 5.01. The Kier molecular flexibility index (Phi) is 4.47. The lowest BCUT2D eigenvalue weighted by atomic mass is 10.0. The van der Waals surface area contributed by atoms with Crippen molar-refractivity contribution in [2.45, 2.75) is 20.4 Å². The number of fused-ring (bicyclic) bond motifs is 1. The number of anilines is 2. The summed E-state index contributed by atoms with van der Waals surface area (Å²) in [4.78, 5) is 15.7. The van der Waals surface area contributed by atoms with Gasteiger partial charge in [0.25, 0.3) is 5.91 Å². The van der Waals surface area contributed by atoms with Crippen molar-refractivity contribution in [2.24, 2.45) is 0 Å². The molecule has 1 amide bonds. The first kappa shape index (κ1) is 18.0. The van der Waals surface area contributed by atoms with E-state index in [1.807, 2.05) is 44.2 Å².